The van der Waals surface area contributed by atoms with Gasteiger partial charge < -0.3 is 25.4 Å². The second kappa shape index (κ2) is 6.73. The lowest BCUT2D eigenvalue weighted by molar-refractivity contribution is 0.00967. The lowest BCUT2D eigenvalue weighted by atomic mass is 10.1. The first kappa shape index (κ1) is 17.2. The van der Waals surface area contributed by atoms with Crippen LogP contribution in [0.5, 0.6) is 5.75 Å². The molecule has 1 heterocycles. The number of aliphatic hydroxyl groups is 2. The van der Waals surface area contributed by atoms with Gasteiger partial charge in [0.15, 0.2) is 0 Å². The van der Waals surface area contributed by atoms with E-state index in [1.165, 1.54) is 6.07 Å². The van der Waals surface area contributed by atoms with E-state index >= 15 is 0 Å². The van der Waals surface area contributed by atoms with E-state index in [9.17, 15) is 20.1 Å². The van der Waals surface area contributed by atoms with E-state index in [4.69, 9.17) is 4.74 Å². The van der Waals surface area contributed by atoms with Gasteiger partial charge in [-0.25, -0.2) is 4.79 Å². The molecule has 1 rings (SSSR count). The number of aromatic hydroxyl groups is 1. The lowest BCUT2D eigenvalue weighted by Crippen LogP contribution is -2.39. The molecule has 0 radical (unpaired) electrons. The standard InChI is InChI=1S/C14H22N2O5/c1-8-5-6-9(17)11(16-8)12(19)10(18)7-15-13(20)21-14(2,3)4/h5-6,10,12,17-19H,7H2,1-4H3,(H,15,20). The smallest absolute Gasteiger partial charge is 0.407 e. The molecule has 0 spiro atoms. The van der Waals surface area contributed by atoms with Gasteiger partial charge in [0, 0.05) is 12.2 Å². The number of aromatic nitrogens is 1. The number of aliphatic hydroxyl groups excluding tert-OH is 2. The van der Waals surface area contributed by atoms with Gasteiger partial charge in [0.05, 0.1) is 0 Å². The molecule has 1 aromatic heterocycles. The van der Waals surface area contributed by atoms with E-state index in [-0.39, 0.29) is 18.0 Å². The molecule has 7 nitrogen and oxygen atoms in total. The first-order chi connectivity index (χ1) is 9.60. The van der Waals surface area contributed by atoms with Crippen LogP contribution in [0.4, 0.5) is 4.79 Å². The molecule has 4 N–H and O–H groups in total. The van der Waals surface area contributed by atoms with Crippen molar-refractivity contribution in [2.45, 2.75) is 45.5 Å². The molecule has 0 aliphatic rings. The number of nitrogens with one attached hydrogen (secondary N) is 1. The predicted octanol–water partition coefficient (Wildman–Crippen LogP) is 1.01. The maximum atomic E-state index is 11.5. The van der Waals surface area contributed by atoms with Crippen LogP contribution in [0.3, 0.4) is 0 Å². The van der Waals surface area contributed by atoms with Crippen LogP contribution in [0.25, 0.3) is 0 Å². The number of hydrogen-bond acceptors (Lipinski definition) is 6. The Hall–Kier alpha value is -1.86. The highest BCUT2D eigenvalue weighted by Crippen LogP contribution is 2.24. The summed E-state index contributed by atoms with van der Waals surface area (Å²) in [7, 11) is 0. The fourth-order valence-corrected chi connectivity index (χ4v) is 1.58. The fraction of sp³-hybridized carbons (Fsp3) is 0.571. The summed E-state index contributed by atoms with van der Waals surface area (Å²) < 4.78 is 5.01. The van der Waals surface area contributed by atoms with Crippen LogP contribution in [0, 0.1) is 6.92 Å². The number of amides is 1. The third-order valence-corrected chi connectivity index (χ3v) is 2.54. The third-order valence-electron chi connectivity index (χ3n) is 2.54. The molecule has 0 fully saturated rings. The van der Waals surface area contributed by atoms with Crippen LogP contribution in [0.2, 0.25) is 0 Å². The van der Waals surface area contributed by atoms with E-state index in [0.29, 0.717) is 5.69 Å². The molecule has 0 bridgehead atoms. The van der Waals surface area contributed by atoms with Crippen molar-refractivity contribution < 1.29 is 24.9 Å². The van der Waals surface area contributed by atoms with Crippen molar-refractivity contribution in [2.24, 2.45) is 0 Å². The maximum Gasteiger partial charge on any atom is 0.407 e. The van der Waals surface area contributed by atoms with Crippen LogP contribution in [0.15, 0.2) is 12.1 Å². The van der Waals surface area contributed by atoms with Gasteiger partial charge in [-0.05, 0) is 39.8 Å². The van der Waals surface area contributed by atoms with Crippen LogP contribution < -0.4 is 5.32 Å². The molecular weight excluding hydrogens is 276 g/mol. The van der Waals surface area contributed by atoms with Crippen molar-refractivity contribution >= 4 is 6.09 Å². The molecule has 7 heteroatoms. The molecular formula is C14H22N2O5. The summed E-state index contributed by atoms with van der Waals surface area (Å²) in [6, 6.07) is 2.96. The first-order valence-corrected chi connectivity index (χ1v) is 6.59. The predicted molar refractivity (Wildman–Crippen MR) is 75.8 cm³/mol. The number of rotatable bonds is 4. The summed E-state index contributed by atoms with van der Waals surface area (Å²) in [5.41, 5.74) is -0.0908. The fourth-order valence-electron chi connectivity index (χ4n) is 1.58. The monoisotopic (exact) mass is 298 g/mol. The number of nitrogens with zero attached hydrogens (tertiary/aromatic N) is 1. The van der Waals surface area contributed by atoms with Crippen molar-refractivity contribution in [1.82, 2.24) is 10.3 Å². The van der Waals surface area contributed by atoms with Gasteiger partial charge in [-0.1, -0.05) is 0 Å². The summed E-state index contributed by atoms with van der Waals surface area (Å²) in [5, 5.41) is 31.8. The molecule has 0 saturated heterocycles. The first-order valence-electron chi connectivity index (χ1n) is 6.59. The van der Waals surface area contributed by atoms with Crippen molar-refractivity contribution in [2.75, 3.05) is 6.54 Å². The van der Waals surface area contributed by atoms with Crippen molar-refractivity contribution in [1.29, 1.82) is 0 Å². The molecule has 0 aromatic carbocycles. The molecule has 0 saturated carbocycles. The van der Waals surface area contributed by atoms with Gasteiger partial charge in [-0.2, -0.15) is 0 Å². The van der Waals surface area contributed by atoms with Gasteiger partial charge in [-0.3, -0.25) is 4.98 Å². The zero-order valence-corrected chi connectivity index (χ0v) is 12.6. The molecule has 0 aliphatic heterocycles. The SMILES string of the molecule is Cc1ccc(O)c(C(O)C(O)CNC(=O)OC(C)(C)C)n1. The quantitative estimate of drug-likeness (QED) is 0.660. The molecule has 1 aromatic rings. The summed E-state index contributed by atoms with van der Waals surface area (Å²) in [4.78, 5) is 15.4. The van der Waals surface area contributed by atoms with Gasteiger partial charge in [0.2, 0.25) is 0 Å². The highest BCUT2D eigenvalue weighted by Gasteiger charge is 2.24. The van der Waals surface area contributed by atoms with Crippen molar-refractivity contribution in [3.05, 3.63) is 23.5 Å². The van der Waals surface area contributed by atoms with Gasteiger partial charge in [0.25, 0.3) is 0 Å². The third kappa shape index (κ3) is 5.57. The molecule has 118 valence electrons. The van der Waals surface area contributed by atoms with Crippen LogP contribution in [-0.2, 0) is 4.74 Å². The zero-order valence-electron chi connectivity index (χ0n) is 12.6. The Labute approximate surface area is 123 Å². The molecule has 1 amide bonds. The lowest BCUT2D eigenvalue weighted by Gasteiger charge is -2.22. The average molecular weight is 298 g/mol. The average Bonchev–Trinajstić information content (AvgIpc) is 2.36. The number of hydrogen-bond donors (Lipinski definition) is 4. The number of aryl methyl sites for hydroxylation is 1. The molecule has 2 unspecified atom stereocenters. The minimum atomic E-state index is -1.42. The number of alkyl carbamates (subject to hydrolysis) is 1. The molecule has 2 atom stereocenters. The number of carbonyl (C=O) groups is 1. The van der Waals surface area contributed by atoms with Crippen LogP contribution in [0.1, 0.15) is 38.3 Å². The largest absolute Gasteiger partial charge is 0.506 e. The highest BCUT2D eigenvalue weighted by atomic mass is 16.6. The molecule has 0 aliphatic carbocycles. The topological polar surface area (TPSA) is 112 Å². The van der Waals surface area contributed by atoms with Crippen LogP contribution >= 0.6 is 0 Å². The summed E-state index contributed by atoms with van der Waals surface area (Å²) in [6.07, 6.45) is -3.44. The van der Waals surface area contributed by atoms with E-state index in [1.807, 2.05) is 0 Å². The van der Waals surface area contributed by atoms with E-state index < -0.39 is 23.9 Å². The number of ether oxygens (including phenoxy) is 1. The van der Waals surface area contributed by atoms with E-state index in [2.05, 4.69) is 10.3 Å². The van der Waals surface area contributed by atoms with E-state index in [1.54, 1.807) is 33.8 Å². The Morgan fingerprint density at radius 1 is 1.38 bits per heavy atom. The Bertz CT molecular complexity index is 499. The Morgan fingerprint density at radius 2 is 2.00 bits per heavy atom. The minimum Gasteiger partial charge on any atom is -0.506 e. The molecule has 21 heavy (non-hydrogen) atoms. The highest BCUT2D eigenvalue weighted by molar-refractivity contribution is 5.67. The minimum absolute atomic E-state index is 0.0338. The Balaban J connectivity index is 2.61. The summed E-state index contributed by atoms with van der Waals surface area (Å²) >= 11 is 0. The number of pyridine rings is 1. The Kier molecular flexibility index (Phi) is 5.51. The summed E-state index contributed by atoms with van der Waals surface area (Å²) in [6.45, 7) is 6.61. The van der Waals surface area contributed by atoms with Gasteiger partial charge >= 0.3 is 6.09 Å². The van der Waals surface area contributed by atoms with Gasteiger partial charge in [-0.15, -0.1) is 0 Å². The van der Waals surface area contributed by atoms with E-state index in [0.717, 1.165) is 0 Å². The summed E-state index contributed by atoms with van der Waals surface area (Å²) in [5.74, 6) is -0.218. The maximum absolute atomic E-state index is 11.5. The Morgan fingerprint density at radius 3 is 2.57 bits per heavy atom. The second-order valence-electron chi connectivity index (χ2n) is 5.75. The second-order valence-corrected chi connectivity index (χ2v) is 5.75. The normalized spacial score (nSPS) is 14.4. The van der Waals surface area contributed by atoms with Crippen molar-refractivity contribution in [3.63, 3.8) is 0 Å². The van der Waals surface area contributed by atoms with Crippen LogP contribution in [-0.4, -0.2) is 44.6 Å². The van der Waals surface area contributed by atoms with Gasteiger partial charge in [0.1, 0.15) is 29.3 Å². The zero-order chi connectivity index (χ0) is 16.2. The van der Waals surface area contributed by atoms with Crippen molar-refractivity contribution in [3.8, 4) is 5.75 Å². The number of carbonyl (C=O) groups excluding carboxylic acids is 1.